The number of carbonyl (C=O) groups is 1. The van der Waals surface area contributed by atoms with E-state index in [1.54, 1.807) is 19.1 Å². The third kappa shape index (κ3) is 2.40. The minimum Gasteiger partial charge on any atom is -0.461 e. The summed E-state index contributed by atoms with van der Waals surface area (Å²) in [6.07, 6.45) is 0. The molecule has 0 aliphatic heterocycles. The first-order valence-electron chi connectivity index (χ1n) is 6.32. The highest BCUT2D eigenvalue weighted by Crippen LogP contribution is 2.18. The summed E-state index contributed by atoms with van der Waals surface area (Å²) in [5.41, 5.74) is 0.108. The van der Waals surface area contributed by atoms with Gasteiger partial charge in [-0.2, -0.15) is 9.50 Å². The Hall–Kier alpha value is -2.96. The number of hydrogen-bond acceptors (Lipinski definition) is 6. The van der Waals surface area contributed by atoms with Gasteiger partial charge in [0.2, 0.25) is 5.89 Å². The number of aromatic nitrogens is 3. The number of esters is 1. The van der Waals surface area contributed by atoms with Crippen molar-refractivity contribution in [2.75, 3.05) is 6.61 Å². The van der Waals surface area contributed by atoms with Crippen LogP contribution in [0.5, 0.6) is 0 Å². The van der Waals surface area contributed by atoms with Crippen LogP contribution in [0.25, 0.3) is 17.3 Å². The van der Waals surface area contributed by atoms with E-state index in [4.69, 9.17) is 9.15 Å². The number of hydrogen-bond donors (Lipinski definition) is 0. The van der Waals surface area contributed by atoms with Crippen molar-refractivity contribution in [3.63, 3.8) is 0 Å². The third-order valence-electron chi connectivity index (χ3n) is 2.76. The van der Waals surface area contributed by atoms with Gasteiger partial charge in [0.05, 0.1) is 6.61 Å². The maximum Gasteiger partial charge on any atom is 0.357 e. The Morgan fingerprint density at radius 1 is 1.33 bits per heavy atom. The molecule has 0 atom stereocenters. The van der Waals surface area contributed by atoms with Gasteiger partial charge in [0.25, 0.3) is 5.56 Å². The minimum atomic E-state index is -0.653. The van der Waals surface area contributed by atoms with E-state index in [9.17, 15) is 9.59 Å². The molecular weight excluding hydrogens is 274 g/mol. The first kappa shape index (κ1) is 13.0. The van der Waals surface area contributed by atoms with Crippen molar-refractivity contribution < 1.29 is 13.9 Å². The summed E-state index contributed by atoms with van der Waals surface area (Å²) in [4.78, 5) is 27.1. The first-order chi connectivity index (χ1) is 10.2. The summed E-state index contributed by atoms with van der Waals surface area (Å²) in [6, 6.07) is 10.2. The Morgan fingerprint density at radius 2 is 2.10 bits per heavy atom. The molecule has 3 rings (SSSR count). The van der Waals surface area contributed by atoms with E-state index in [0.29, 0.717) is 5.56 Å². The van der Waals surface area contributed by atoms with Crippen LogP contribution in [0.3, 0.4) is 0 Å². The van der Waals surface area contributed by atoms with Gasteiger partial charge >= 0.3 is 11.8 Å². The maximum atomic E-state index is 11.9. The van der Waals surface area contributed by atoms with Crippen LogP contribution in [0, 0.1) is 0 Å². The fourth-order valence-corrected chi connectivity index (χ4v) is 1.86. The zero-order valence-electron chi connectivity index (χ0n) is 11.1. The lowest BCUT2D eigenvalue weighted by molar-refractivity contribution is 0.0515. The van der Waals surface area contributed by atoms with Gasteiger partial charge in [-0.15, -0.1) is 5.10 Å². The summed E-state index contributed by atoms with van der Waals surface area (Å²) in [6.45, 7) is 1.87. The van der Waals surface area contributed by atoms with Crippen molar-refractivity contribution in [2.24, 2.45) is 0 Å². The van der Waals surface area contributed by atoms with Crippen molar-refractivity contribution >= 4 is 11.8 Å². The Bertz CT molecular complexity index is 852. The Labute approximate surface area is 118 Å². The van der Waals surface area contributed by atoms with Crippen LogP contribution in [0.2, 0.25) is 0 Å². The van der Waals surface area contributed by atoms with Crippen molar-refractivity contribution in [3.05, 3.63) is 52.4 Å². The molecule has 0 fully saturated rings. The SMILES string of the molecule is CCOC(=O)c1cc(=O)nc2oc(-c3ccccc3)nn12. The normalized spacial score (nSPS) is 10.7. The molecule has 1 aromatic carbocycles. The van der Waals surface area contributed by atoms with E-state index in [1.807, 2.05) is 18.2 Å². The topological polar surface area (TPSA) is 86.7 Å². The minimum absolute atomic E-state index is 0.0159. The highest BCUT2D eigenvalue weighted by Gasteiger charge is 2.18. The molecule has 0 saturated heterocycles. The molecule has 0 radical (unpaired) electrons. The van der Waals surface area contributed by atoms with Crippen molar-refractivity contribution in [2.45, 2.75) is 6.92 Å². The molecule has 7 nitrogen and oxygen atoms in total. The largest absolute Gasteiger partial charge is 0.461 e. The second kappa shape index (κ2) is 5.20. The fourth-order valence-electron chi connectivity index (χ4n) is 1.86. The van der Waals surface area contributed by atoms with Crippen LogP contribution in [0.4, 0.5) is 0 Å². The zero-order chi connectivity index (χ0) is 14.8. The van der Waals surface area contributed by atoms with Crippen LogP contribution in [-0.2, 0) is 4.74 Å². The number of carbonyl (C=O) groups excluding carboxylic acids is 1. The number of nitrogens with zero attached hydrogens (tertiary/aromatic N) is 3. The molecule has 106 valence electrons. The molecule has 0 amide bonds. The average Bonchev–Trinajstić information content (AvgIpc) is 2.91. The molecule has 0 N–H and O–H groups in total. The molecule has 21 heavy (non-hydrogen) atoms. The van der Waals surface area contributed by atoms with Gasteiger partial charge in [-0.05, 0) is 19.1 Å². The van der Waals surface area contributed by atoms with Gasteiger partial charge < -0.3 is 9.15 Å². The van der Waals surface area contributed by atoms with Gasteiger partial charge in [0, 0.05) is 11.6 Å². The van der Waals surface area contributed by atoms with Gasteiger partial charge in [0.15, 0.2) is 5.69 Å². The van der Waals surface area contributed by atoms with Crippen LogP contribution in [-0.4, -0.2) is 27.2 Å². The second-order valence-electron chi connectivity index (χ2n) is 4.17. The monoisotopic (exact) mass is 285 g/mol. The van der Waals surface area contributed by atoms with Gasteiger partial charge in [-0.1, -0.05) is 18.2 Å². The summed E-state index contributed by atoms with van der Waals surface area (Å²) in [5, 5.41) is 4.18. The molecule has 0 spiro atoms. The van der Waals surface area contributed by atoms with E-state index >= 15 is 0 Å². The van der Waals surface area contributed by atoms with E-state index in [-0.39, 0.29) is 24.0 Å². The molecular formula is C14H11N3O4. The molecule has 2 heterocycles. The summed E-state index contributed by atoms with van der Waals surface area (Å²) >= 11 is 0. The molecule has 0 aliphatic rings. The molecule has 7 heteroatoms. The van der Waals surface area contributed by atoms with E-state index in [0.717, 1.165) is 6.07 Å². The fraction of sp³-hybridized carbons (Fsp3) is 0.143. The third-order valence-corrected chi connectivity index (χ3v) is 2.76. The quantitative estimate of drug-likeness (QED) is 0.678. The average molecular weight is 285 g/mol. The summed E-state index contributed by atoms with van der Waals surface area (Å²) in [7, 11) is 0. The highest BCUT2D eigenvalue weighted by atomic mass is 16.5. The summed E-state index contributed by atoms with van der Waals surface area (Å²) < 4.78 is 11.5. The first-order valence-corrected chi connectivity index (χ1v) is 6.32. The van der Waals surface area contributed by atoms with Crippen LogP contribution >= 0.6 is 0 Å². The number of fused-ring (bicyclic) bond motifs is 1. The van der Waals surface area contributed by atoms with Crippen LogP contribution < -0.4 is 5.56 Å². The lowest BCUT2D eigenvalue weighted by Gasteiger charge is -2.01. The molecule has 0 aliphatic carbocycles. The van der Waals surface area contributed by atoms with E-state index in [2.05, 4.69) is 10.1 Å². The predicted molar refractivity (Wildman–Crippen MR) is 72.9 cm³/mol. The highest BCUT2D eigenvalue weighted by molar-refractivity contribution is 5.87. The molecule has 0 saturated carbocycles. The zero-order valence-corrected chi connectivity index (χ0v) is 11.1. The molecule has 3 aromatic rings. The molecule has 2 aromatic heterocycles. The van der Waals surface area contributed by atoms with E-state index in [1.165, 1.54) is 4.52 Å². The van der Waals surface area contributed by atoms with Crippen molar-refractivity contribution in [3.8, 4) is 11.5 Å². The smallest absolute Gasteiger partial charge is 0.357 e. The van der Waals surface area contributed by atoms with Crippen LogP contribution in [0.15, 0.2) is 45.6 Å². The van der Waals surface area contributed by atoms with E-state index < -0.39 is 11.5 Å². The Kier molecular flexibility index (Phi) is 3.23. The second-order valence-corrected chi connectivity index (χ2v) is 4.17. The van der Waals surface area contributed by atoms with Gasteiger partial charge in [0.1, 0.15) is 0 Å². The summed E-state index contributed by atoms with van der Waals surface area (Å²) in [5.74, 6) is -0.441. The Morgan fingerprint density at radius 3 is 2.81 bits per heavy atom. The Balaban J connectivity index is 2.19. The van der Waals surface area contributed by atoms with Crippen molar-refractivity contribution in [1.29, 1.82) is 0 Å². The van der Waals surface area contributed by atoms with Gasteiger partial charge in [-0.25, -0.2) is 4.79 Å². The maximum absolute atomic E-state index is 11.9. The molecule has 0 unspecified atom stereocenters. The predicted octanol–water partition coefficient (Wildman–Crippen LogP) is 1.53. The van der Waals surface area contributed by atoms with Crippen LogP contribution in [0.1, 0.15) is 17.4 Å². The lowest BCUT2D eigenvalue weighted by Crippen LogP contribution is -2.17. The number of rotatable bonds is 3. The lowest BCUT2D eigenvalue weighted by atomic mass is 10.2. The number of ether oxygens (including phenoxy) is 1. The number of benzene rings is 1. The molecule has 0 bridgehead atoms. The standard InChI is InChI=1S/C14H11N3O4/c1-2-20-13(19)10-8-11(18)15-14-17(10)16-12(21-14)9-6-4-3-5-7-9/h3-8H,2H2,1H3. The van der Waals surface area contributed by atoms with Gasteiger partial charge in [-0.3, -0.25) is 4.79 Å². The van der Waals surface area contributed by atoms with Crippen molar-refractivity contribution in [1.82, 2.24) is 14.6 Å².